The molecule has 0 heterocycles. The lowest BCUT2D eigenvalue weighted by Crippen LogP contribution is -2.32. The predicted molar refractivity (Wildman–Crippen MR) is 49.1 cm³/mol. The van der Waals surface area contributed by atoms with Gasteiger partial charge in [0.2, 0.25) is 0 Å². The number of hydrogen-bond acceptors (Lipinski definition) is 2. The Kier molecular flexibility index (Phi) is 4.40. The van der Waals surface area contributed by atoms with Gasteiger partial charge in [-0.2, -0.15) is 0 Å². The van der Waals surface area contributed by atoms with E-state index >= 15 is 0 Å². The second-order valence-corrected chi connectivity index (χ2v) is 3.45. The molecule has 12 heavy (non-hydrogen) atoms. The van der Waals surface area contributed by atoms with Crippen LogP contribution in [0, 0.1) is 0 Å². The lowest BCUT2D eigenvalue weighted by molar-refractivity contribution is 0.0534. The standard InChI is InChI=1S/C9H17NO2/c1-5-6-7-10-8(11)12-9(2,3)4/h5-6H,7H2,1-4H3,(H,10,11)/b6-5-. The third-order valence-electron chi connectivity index (χ3n) is 0.999. The second kappa shape index (κ2) is 4.80. The molecule has 0 aliphatic rings. The molecule has 3 heteroatoms. The van der Waals surface area contributed by atoms with Gasteiger partial charge in [-0.25, -0.2) is 4.79 Å². The first kappa shape index (κ1) is 11.0. The Labute approximate surface area is 73.8 Å². The van der Waals surface area contributed by atoms with E-state index in [0.717, 1.165) is 0 Å². The van der Waals surface area contributed by atoms with Gasteiger partial charge in [0, 0.05) is 6.54 Å². The van der Waals surface area contributed by atoms with Gasteiger partial charge in [-0.05, 0) is 27.7 Å². The highest BCUT2D eigenvalue weighted by Gasteiger charge is 2.14. The molecule has 0 unspecified atom stereocenters. The highest BCUT2D eigenvalue weighted by Crippen LogP contribution is 2.05. The van der Waals surface area contributed by atoms with E-state index in [-0.39, 0.29) is 6.09 Å². The van der Waals surface area contributed by atoms with Crippen molar-refractivity contribution in [3.05, 3.63) is 12.2 Å². The molecule has 0 fully saturated rings. The maximum atomic E-state index is 11.0. The Morgan fingerprint density at radius 3 is 2.50 bits per heavy atom. The first-order valence-corrected chi connectivity index (χ1v) is 4.03. The maximum Gasteiger partial charge on any atom is 0.407 e. The Balaban J connectivity index is 3.61. The predicted octanol–water partition coefficient (Wildman–Crippen LogP) is 2.09. The summed E-state index contributed by atoms with van der Waals surface area (Å²) in [5, 5.41) is 2.59. The van der Waals surface area contributed by atoms with Gasteiger partial charge in [-0.3, -0.25) is 0 Å². The van der Waals surface area contributed by atoms with Crippen molar-refractivity contribution < 1.29 is 9.53 Å². The number of ether oxygens (including phenoxy) is 1. The summed E-state index contributed by atoms with van der Waals surface area (Å²) < 4.78 is 5.00. The monoisotopic (exact) mass is 171 g/mol. The molecule has 1 N–H and O–H groups in total. The summed E-state index contributed by atoms with van der Waals surface area (Å²) in [4.78, 5) is 11.0. The number of allylic oxidation sites excluding steroid dienone is 1. The Bertz CT molecular complexity index is 168. The van der Waals surface area contributed by atoms with Crippen molar-refractivity contribution in [3.8, 4) is 0 Å². The number of nitrogens with one attached hydrogen (secondary N) is 1. The van der Waals surface area contributed by atoms with Crippen LogP contribution in [0.5, 0.6) is 0 Å². The Morgan fingerprint density at radius 1 is 1.50 bits per heavy atom. The van der Waals surface area contributed by atoms with Gasteiger partial charge in [-0.15, -0.1) is 0 Å². The van der Waals surface area contributed by atoms with Crippen molar-refractivity contribution in [2.75, 3.05) is 6.54 Å². The highest BCUT2D eigenvalue weighted by atomic mass is 16.6. The molecule has 0 aliphatic carbocycles. The van der Waals surface area contributed by atoms with Crippen LogP contribution in [0.2, 0.25) is 0 Å². The fraction of sp³-hybridized carbons (Fsp3) is 0.667. The zero-order valence-corrected chi connectivity index (χ0v) is 8.18. The summed E-state index contributed by atoms with van der Waals surface area (Å²) in [6.45, 7) is 7.93. The number of carbonyl (C=O) groups is 1. The van der Waals surface area contributed by atoms with Crippen LogP contribution in [-0.4, -0.2) is 18.2 Å². The number of rotatable bonds is 2. The molecule has 0 radical (unpaired) electrons. The van der Waals surface area contributed by atoms with E-state index in [0.29, 0.717) is 6.54 Å². The highest BCUT2D eigenvalue weighted by molar-refractivity contribution is 5.67. The van der Waals surface area contributed by atoms with Gasteiger partial charge in [0.15, 0.2) is 0 Å². The van der Waals surface area contributed by atoms with Gasteiger partial charge in [0.1, 0.15) is 5.60 Å². The normalized spacial score (nSPS) is 11.7. The summed E-state index contributed by atoms with van der Waals surface area (Å²) in [7, 11) is 0. The van der Waals surface area contributed by atoms with Crippen LogP contribution in [0.25, 0.3) is 0 Å². The van der Waals surface area contributed by atoms with E-state index in [9.17, 15) is 4.79 Å². The van der Waals surface area contributed by atoms with Crippen molar-refractivity contribution in [1.29, 1.82) is 0 Å². The Morgan fingerprint density at radius 2 is 2.08 bits per heavy atom. The first-order valence-electron chi connectivity index (χ1n) is 4.03. The number of carbonyl (C=O) groups excluding carboxylic acids is 1. The molecular weight excluding hydrogens is 154 g/mol. The minimum absolute atomic E-state index is 0.374. The molecule has 70 valence electrons. The van der Waals surface area contributed by atoms with Gasteiger partial charge >= 0.3 is 6.09 Å². The fourth-order valence-corrected chi connectivity index (χ4v) is 0.574. The maximum absolute atomic E-state index is 11.0. The molecule has 0 saturated carbocycles. The van der Waals surface area contributed by atoms with Gasteiger partial charge in [-0.1, -0.05) is 12.2 Å². The van der Waals surface area contributed by atoms with Gasteiger partial charge in [0.25, 0.3) is 0 Å². The zero-order valence-electron chi connectivity index (χ0n) is 8.18. The summed E-state index contributed by atoms with van der Waals surface area (Å²) in [5.74, 6) is 0. The number of alkyl carbamates (subject to hydrolysis) is 1. The van der Waals surface area contributed by atoms with E-state index in [4.69, 9.17) is 4.74 Å². The molecular formula is C9H17NO2. The second-order valence-electron chi connectivity index (χ2n) is 3.45. The molecule has 0 rings (SSSR count). The quantitative estimate of drug-likeness (QED) is 0.646. The molecule has 0 saturated heterocycles. The van der Waals surface area contributed by atoms with E-state index in [1.807, 2.05) is 39.8 Å². The molecule has 3 nitrogen and oxygen atoms in total. The van der Waals surface area contributed by atoms with E-state index < -0.39 is 5.60 Å². The molecule has 0 bridgehead atoms. The van der Waals surface area contributed by atoms with Gasteiger partial charge in [0.05, 0.1) is 0 Å². The van der Waals surface area contributed by atoms with Crippen LogP contribution in [0.3, 0.4) is 0 Å². The lowest BCUT2D eigenvalue weighted by atomic mass is 10.2. The SMILES string of the molecule is C/C=C\CNC(=O)OC(C)(C)C. The van der Waals surface area contributed by atoms with Crippen LogP contribution in [0.15, 0.2) is 12.2 Å². The molecule has 0 aliphatic heterocycles. The minimum Gasteiger partial charge on any atom is -0.444 e. The largest absolute Gasteiger partial charge is 0.444 e. The molecule has 0 spiro atoms. The van der Waals surface area contributed by atoms with Crippen LogP contribution < -0.4 is 5.32 Å². The number of amides is 1. The average molecular weight is 171 g/mol. The third kappa shape index (κ3) is 7.12. The summed E-state index contributed by atoms with van der Waals surface area (Å²) in [6.07, 6.45) is 3.35. The van der Waals surface area contributed by atoms with Crippen molar-refractivity contribution >= 4 is 6.09 Å². The average Bonchev–Trinajstić information content (AvgIpc) is 1.84. The fourth-order valence-electron chi connectivity index (χ4n) is 0.574. The molecule has 0 atom stereocenters. The molecule has 0 aromatic rings. The Hall–Kier alpha value is -0.990. The lowest BCUT2D eigenvalue weighted by Gasteiger charge is -2.19. The molecule has 0 aromatic heterocycles. The molecule has 1 amide bonds. The van der Waals surface area contributed by atoms with Crippen LogP contribution in [-0.2, 0) is 4.74 Å². The number of hydrogen-bond donors (Lipinski definition) is 1. The van der Waals surface area contributed by atoms with E-state index in [1.54, 1.807) is 0 Å². The van der Waals surface area contributed by atoms with E-state index in [2.05, 4.69) is 5.32 Å². The third-order valence-corrected chi connectivity index (χ3v) is 0.999. The topological polar surface area (TPSA) is 38.3 Å². The van der Waals surface area contributed by atoms with Crippen LogP contribution in [0.1, 0.15) is 27.7 Å². The smallest absolute Gasteiger partial charge is 0.407 e. The minimum atomic E-state index is -0.417. The van der Waals surface area contributed by atoms with Crippen molar-refractivity contribution in [3.63, 3.8) is 0 Å². The van der Waals surface area contributed by atoms with Gasteiger partial charge < -0.3 is 10.1 Å². The first-order chi connectivity index (χ1) is 5.45. The van der Waals surface area contributed by atoms with Crippen LogP contribution in [0.4, 0.5) is 4.79 Å². The van der Waals surface area contributed by atoms with Crippen molar-refractivity contribution in [2.45, 2.75) is 33.3 Å². The summed E-state index contributed by atoms with van der Waals surface area (Å²) in [6, 6.07) is 0. The summed E-state index contributed by atoms with van der Waals surface area (Å²) >= 11 is 0. The van der Waals surface area contributed by atoms with E-state index in [1.165, 1.54) is 0 Å². The van der Waals surface area contributed by atoms with Crippen molar-refractivity contribution in [1.82, 2.24) is 5.32 Å². The zero-order chi connectivity index (χ0) is 9.61. The van der Waals surface area contributed by atoms with Crippen molar-refractivity contribution in [2.24, 2.45) is 0 Å². The van der Waals surface area contributed by atoms with Crippen LogP contribution >= 0.6 is 0 Å². The molecule has 0 aromatic carbocycles. The summed E-state index contributed by atoms with van der Waals surface area (Å²) in [5.41, 5.74) is -0.417.